The number of nitrogens with one attached hydrogen (secondary N) is 1. The minimum atomic E-state index is -0.243. The first kappa shape index (κ1) is 13.3. The molecule has 80 valence electrons. The van der Waals surface area contributed by atoms with Crippen LogP contribution in [0.2, 0.25) is 12.1 Å². The van der Waals surface area contributed by atoms with Gasteiger partial charge in [0.15, 0.2) is 19.5 Å². The molecule has 0 aromatic rings. The largest absolute Gasteiger partial charge is 0.422 e. The van der Waals surface area contributed by atoms with Gasteiger partial charge in [-0.05, 0) is 19.1 Å². The zero-order chi connectivity index (χ0) is 9.94. The lowest BCUT2D eigenvalue weighted by atomic mass is 10.3. The summed E-state index contributed by atoms with van der Waals surface area (Å²) in [4.78, 5) is 0. The molecule has 0 atom stereocenters. The lowest BCUT2D eigenvalue weighted by molar-refractivity contribution is 0.212. The molecule has 0 aromatic heterocycles. The van der Waals surface area contributed by atoms with E-state index in [9.17, 15) is 0 Å². The highest BCUT2D eigenvalue weighted by Gasteiger charge is 2.04. The second-order valence-electron chi connectivity index (χ2n) is 3.14. The molecule has 0 fully saturated rings. The van der Waals surface area contributed by atoms with E-state index in [4.69, 9.17) is 8.85 Å². The summed E-state index contributed by atoms with van der Waals surface area (Å²) >= 11 is 0. The zero-order valence-electron chi connectivity index (χ0n) is 9.14. The van der Waals surface area contributed by atoms with Crippen LogP contribution in [0.4, 0.5) is 0 Å². The van der Waals surface area contributed by atoms with Crippen molar-refractivity contribution in [3.63, 3.8) is 0 Å². The van der Waals surface area contributed by atoms with Crippen molar-refractivity contribution in [2.45, 2.75) is 32.0 Å². The molecular weight excluding hydrogens is 198 g/mol. The Balaban J connectivity index is 3.28. The van der Waals surface area contributed by atoms with Gasteiger partial charge in [-0.25, -0.2) is 0 Å². The van der Waals surface area contributed by atoms with Gasteiger partial charge in [0.05, 0.1) is 19.3 Å². The van der Waals surface area contributed by atoms with E-state index >= 15 is 0 Å². The smallest absolute Gasteiger partial charge is 0.161 e. The SMILES string of the molecule is CC[SiH2]OCC(CO[SiH2]CC)NC. The van der Waals surface area contributed by atoms with Crippen molar-refractivity contribution in [1.29, 1.82) is 0 Å². The van der Waals surface area contributed by atoms with Gasteiger partial charge in [-0.15, -0.1) is 0 Å². The fourth-order valence-electron chi connectivity index (χ4n) is 0.955. The summed E-state index contributed by atoms with van der Waals surface area (Å²) in [5.41, 5.74) is 0. The van der Waals surface area contributed by atoms with E-state index in [-0.39, 0.29) is 19.5 Å². The van der Waals surface area contributed by atoms with Crippen molar-refractivity contribution in [2.75, 3.05) is 20.3 Å². The van der Waals surface area contributed by atoms with Gasteiger partial charge >= 0.3 is 0 Å². The van der Waals surface area contributed by atoms with E-state index in [1.54, 1.807) is 0 Å². The van der Waals surface area contributed by atoms with Gasteiger partial charge in [-0.1, -0.05) is 13.8 Å². The Kier molecular flexibility index (Phi) is 10.6. The standard InChI is InChI=1S/C8H23NO2Si2/c1-4-12-10-6-8(9-3)7-11-13-5-2/h8-9H,4-7,12-13H2,1-3H3. The highest BCUT2D eigenvalue weighted by atomic mass is 28.2. The molecule has 1 N–H and O–H groups in total. The maximum absolute atomic E-state index is 5.58. The van der Waals surface area contributed by atoms with E-state index in [1.807, 2.05) is 7.05 Å². The molecule has 13 heavy (non-hydrogen) atoms. The maximum Gasteiger partial charge on any atom is 0.161 e. The van der Waals surface area contributed by atoms with Gasteiger partial charge in [0.1, 0.15) is 0 Å². The molecule has 0 bridgehead atoms. The maximum atomic E-state index is 5.58. The third-order valence-electron chi connectivity index (χ3n) is 1.74. The molecular formula is C8H23NO2Si2. The van der Waals surface area contributed by atoms with Crippen molar-refractivity contribution in [2.24, 2.45) is 0 Å². The number of rotatable bonds is 9. The van der Waals surface area contributed by atoms with Gasteiger partial charge in [0.2, 0.25) is 0 Å². The lowest BCUT2D eigenvalue weighted by Crippen LogP contribution is -2.35. The van der Waals surface area contributed by atoms with Gasteiger partial charge in [-0.3, -0.25) is 0 Å². The molecule has 3 nitrogen and oxygen atoms in total. The van der Waals surface area contributed by atoms with Gasteiger partial charge in [-0.2, -0.15) is 0 Å². The summed E-state index contributed by atoms with van der Waals surface area (Å²) < 4.78 is 11.2. The first-order valence-electron chi connectivity index (χ1n) is 5.17. The molecule has 0 aliphatic rings. The Hall–Kier alpha value is 0.314. The molecule has 0 rings (SSSR count). The van der Waals surface area contributed by atoms with Gasteiger partial charge in [0.25, 0.3) is 0 Å². The molecule has 0 saturated carbocycles. The minimum absolute atomic E-state index is 0.243. The van der Waals surface area contributed by atoms with E-state index in [2.05, 4.69) is 19.2 Å². The van der Waals surface area contributed by atoms with Crippen molar-refractivity contribution in [3.8, 4) is 0 Å². The first-order valence-corrected chi connectivity index (χ1v) is 8.33. The van der Waals surface area contributed by atoms with Crippen LogP contribution in [0.15, 0.2) is 0 Å². The normalized spacial score (nSPS) is 15.0. The van der Waals surface area contributed by atoms with Crippen molar-refractivity contribution in [3.05, 3.63) is 0 Å². The molecule has 0 aliphatic carbocycles. The Bertz CT molecular complexity index is 96.1. The second kappa shape index (κ2) is 10.4. The average molecular weight is 221 g/mol. The van der Waals surface area contributed by atoms with Crippen LogP contribution in [-0.4, -0.2) is 45.8 Å². The van der Waals surface area contributed by atoms with Crippen LogP contribution in [-0.2, 0) is 8.85 Å². The summed E-state index contributed by atoms with van der Waals surface area (Å²) in [6.45, 7) is 6.02. The van der Waals surface area contributed by atoms with Crippen LogP contribution in [0.3, 0.4) is 0 Å². The van der Waals surface area contributed by atoms with Gasteiger partial charge < -0.3 is 14.2 Å². The molecule has 0 radical (unpaired) electrons. The third-order valence-corrected chi connectivity index (χ3v) is 3.61. The van der Waals surface area contributed by atoms with Crippen LogP contribution >= 0.6 is 0 Å². The van der Waals surface area contributed by atoms with Crippen LogP contribution in [0.1, 0.15) is 13.8 Å². The summed E-state index contributed by atoms with van der Waals surface area (Å²) in [5.74, 6) is 0. The van der Waals surface area contributed by atoms with Crippen LogP contribution < -0.4 is 5.32 Å². The van der Waals surface area contributed by atoms with E-state index < -0.39 is 0 Å². The highest BCUT2D eigenvalue weighted by Crippen LogP contribution is 1.88. The topological polar surface area (TPSA) is 30.5 Å². The van der Waals surface area contributed by atoms with Crippen molar-refractivity contribution in [1.82, 2.24) is 5.32 Å². The van der Waals surface area contributed by atoms with E-state index in [1.165, 1.54) is 12.1 Å². The fraction of sp³-hybridized carbons (Fsp3) is 1.00. The predicted octanol–water partition coefficient (Wildman–Crippen LogP) is -0.348. The van der Waals surface area contributed by atoms with Crippen molar-refractivity contribution >= 4 is 19.5 Å². The van der Waals surface area contributed by atoms with Gasteiger partial charge in [0, 0.05) is 0 Å². The van der Waals surface area contributed by atoms with Crippen molar-refractivity contribution < 1.29 is 8.85 Å². The summed E-state index contributed by atoms with van der Waals surface area (Å²) in [6.07, 6.45) is 0. The molecule has 0 heterocycles. The molecule has 5 heteroatoms. The number of hydrogen-bond donors (Lipinski definition) is 1. The molecule has 0 saturated heterocycles. The minimum Gasteiger partial charge on any atom is -0.422 e. The summed E-state index contributed by atoms with van der Waals surface area (Å²) in [5, 5.41) is 3.21. The van der Waals surface area contributed by atoms with Crippen LogP contribution in [0.5, 0.6) is 0 Å². The second-order valence-corrected chi connectivity index (χ2v) is 6.77. The molecule has 0 aromatic carbocycles. The number of hydrogen-bond acceptors (Lipinski definition) is 3. The number of likely N-dealkylation sites (N-methyl/N-ethyl adjacent to an activating group) is 1. The average Bonchev–Trinajstić information content (AvgIpc) is 2.16. The Morgan fingerprint density at radius 1 is 1.08 bits per heavy atom. The lowest BCUT2D eigenvalue weighted by Gasteiger charge is -2.16. The fourth-order valence-corrected chi connectivity index (χ4v) is 2.43. The van der Waals surface area contributed by atoms with Crippen LogP contribution in [0, 0.1) is 0 Å². The highest BCUT2D eigenvalue weighted by molar-refractivity contribution is 6.27. The summed E-state index contributed by atoms with van der Waals surface area (Å²) in [6, 6.07) is 2.85. The molecule has 0 spiro atoms. The Labute approximate surface area is 86.5 Å². The van der Waals surface area contributed by atoms with Crippen LogP contribution in [0.25, 0.3) is 0 Å². The Morgan fingerprint density at radius 3 is 1.85 bits per heavy atom. The molecule has 0 unspecified atom stereocenters. The molecule has 0 amide bonds. The Morgan fingerprint density at radius 2 is 1.54 bits per heavy atom. The first-order chi connectivity index (χ1) is 6.35. The monoisotopic (exact) mass is 221 g/mol. The summed E-state index contributed by atoms with van der Waals surface area (Å²) in [7, 11) is 1.48. The quantitative estimate of drug-likeness (QED) is 0.427. The third kappa shape index (κ3) is 8.64. The predicted molar refractivity (Wildman–Crippen MR) is 62.8 cm³/mol. The zero-order valence-corrected chi connectivity index (χ0v) is 12.0. The van der Waals surface area contributed by atoms with E-state index in [0.29, 0.717) is 6.04 Å². The molecule has 0 aliphatic heterocycles. The van der Waals surface area contributed by atoms with E-state index in [0.717, 1.165) is 13.2 Å².